The Morgan fingerprint density at radius 2 is 2.00 bits per heavy atom. The van der Waals surface area contributed by atoms with Crippen LogP contribution in [0.4, 0.5) is 5.13 Å². The minimum Gasteiger partial charge on any atom is -0.361 e. The average molecular weight is 272 g/mol. The van der Waals surface area contributed by atoms with Crippen LogP contribution in [0.2, 0.25) is 0 Å². The van der Waals surface area contributed by atoms with E-state index in [9.17, 15) is 0 Å². The van der Waals surface area contributed by atoms with Gasteiger partial charge >= 0.3 is 0 Å². The molecule has 2 aromatic rings. The molecule has 1 N–H and O–H groups in total. The lowest BCUT2D eigenvalue weighted by Crippen LogP contribution is -2.07. The van der Waals surface area contributed by atoms with Crippen molar-refractivity contribution in [2.75, 3.05) is 11.9 Å². The van der Waals surface area contributed by atoms with Crippen LogP contribution in [0.15, 0.2) is 30.5 Å². The van der Waals surface area contributed by atoms with Gasteiger partial charge in [0, 0.05) is 12.7 Å². The van der Waals surface area contributed by atoms with Crippen LogP contribution in [0.5, 0.6) is 0 Å². The van der Waals surface area contributed by atoms with Crippen LogP contribution in [-0.4, -0.2) is 11.5 Å². The molecule has 1 aromatic carbocycles. The van der Waals surface area contributed by atoms with E-state index in [1.807, 2.05) is 6.20 Å². The normalized spacial score (nSPS) is 14.9. The zero-order valence-corrected chi connectivity index (χ0v) is 12.3. The fraction of sp³-hybridized carbons (Fsp3) is 0.438. The number of hydrogen-bond acceptors (Lipinski definition) is 3. The molecule has 100 valence electrons. The van der Waals surface area contributed by atoms with Crippen molar-refractivity contribution in [1.29, 1.82) is 0 Å². The minimum atomic E-state index is 0.644. The number of anilines is 1. The number of nitrogens with one attached hydrogen (secondary N) is 1. The van der Waals surface area contributed by atoms with Crippen LogP contribution >= 0.6 is 11.3 Å². The smallest absolute Gasteiger partial charge is 0.183 e. The molecule has 3 rings (SSSR count). The third kappa shape index (κ3) is 3.16. The summed E-state index contributed by atoms with van der Waals surface area (Å²) in [5, 5.41) is 4.40. The molecule has 3 heteroatoms. The number of thiazole rings is 1. The summed E-state index contributed by atoms with van der Waals surface area (Å²) in [6, 6.07) is 9.00. The first kappa shape index (κ1) is 12.7. The van der Waals surface area contributed by atoms with E-state index < -0.39 is 0 Å². The third-order valence-corrected chi connectivity index (χ3v) is 4.42. The highest BCUT2D eigenvalue weighted by atomic mass is 32.1. The van der Waals surface area contributed by atoms with Gasteiger partial charge in [0.15, 0.2) is 5.13 Å². The molecular weight excluding hydrogens is 252 g/mol. The van der Waals surface area contributed by atoms with E-state index >= 15 is 0 Å². The van der Waals surface area contributed by atoms with Crippen molar-refractivity contribution >= 4 is 16.5 Å². The quantitative estimate of drug-likeness (QED) is 0.849. The highest BCUT2D eigenvalue weighted by molar-refractivity contribution is 7.18. The second kappa shape index (κ2) is 5.33. The van der Waals surface area contributed by atoms with Crippen molar-refractivity contribution in [1.82, 2.24) is 4.98 Å². The first-order valence-corrected chi connectivity index (χ1v) is 7.84. The van der Waals surface area contributed by atoms with Crippen molar-refractivity contribution in [3.05, 3.63) is 36.0 Å². The Labute approximate surface area is 118 Å². The Kier molecular flexibility index (Phi) is 3.56. The Morgan fingerprint density at radius 1 is 1.26 bits per heavy atom. The summed E-state index contributed by atoms with van der Waals surface area (Å²) in [7, 11) is 0. The molecule has 19 heavy (non-hydrogen) atoms. The number of benzene rings is 1. The summed E-state index contributed by atoms with van der Waals surface area (Å²) < 4.78 is 0. The topological polar surface area (TPSA) is 24.9 Å². The molecular formula is C16H20N2S. The predicted molar refractivity (Wildman–Crippen MR) is 82.9 cm³/mol. The third-order valence-electron chi connectivity index (χ3n) is 3.41. The first-order valence-electron chi connectivity index (χ1n) is 7.02. The van der Waals surface area contributed by atoms with Gasteiger partial charge in [-0.3, -0.25) is 0 Å². The molecule has 0 radical (unpaired) electrons. The van der Waals surface area contributed by atoms with Crippen molar-refractivity contribution in [3.63, 3.8) is 0 Å². The Balaban J connectivity index is 1.70. The summed E-state index contributed by atoms with van der Waals surface area (Å²) in [6.07, 6.45) is 4.70. The molecule has 0 unspecified atom stereocenters. The zero-order valence-electron chi connectivity index (χ0n) is 11.5. The van der Waals surface area contributed by atoms with Gasteiger partial charge in [-0.25, -0.2) is 4.98 Å². The fourth-order valence-electron chi connectivity index (χ4n) is 2.12. The second-order valence-electron chi connectivity index (χ2n) is 5.70. The lowest BCUT2D eigenvalue weighted by Gasteiger charge is -2.04. The average Bonchev–Trinajstić information content (AvgIpc) is 3.15. The molecule has 0 amide bonds. The van der Waals surface area contributed by atoms with Crippen LogP contribution in [0.3, 0.4) is 0 Å². The fourth-order valence-corrected chi connectivity index (χ4v) is 2.95. The van der Waals surface area contributed by atoms with Crippen LogP contribution in [-0.2, 0) is 0 Å². The molecule has 1 aromatic heterocycles. The van der Waals surface area contributed by atoms with Gasteiger partial charge in [0.1, 0.15) is 0 Å². The van der Waals surface area contributed by atoms with Gasteiger partial charge < -0.3 is 5.32 Å². The Morgan fingerprint density at radius 3 is 2.63 bits per heavy atom. The molecule has 1 saturated carbocycles. The summed E-state index contributed by atoms with van der Waals surface area (Å²) >= 11 is 1.74. The van der Waals surface area contributed by atoms with Gasteiger partial charge in [0.05, 0.1) is 4.88 Å². The van der Waals surface area contributed by atoms with E-state index in [1.165, 1.54) is 28.8 Å². The maximum absolute atomic E-state index is 4.44. The van der Waals surface area contributed by atoms with Crippen molar-refractivity contribution in [3.8, 4) is 10.4 Å². The summed E-state index contributed by atoms with van der Waals surface area (Å²) in [5.41, 5.74) is 2.77. The number of hydrogen-bond donors (Lipinski definition) is 1. The van der Waals surface area contributed by atoms with Gasteiger partial charge in [-0.15, -0.1) is 0 Å². The molecule has 0 saturated heterocycles. The molecule has 0 spiro atoms. The maximum atomic E-state index is 4.44. The van der Waals surface area contributed by atoms with Gasteiger partial charge in [-0.05, 0) is 35.8 Å². The minimum absolute atomic E-state index is 0.644. The number of nitrogens with zero attached hydrogens (tertiary/aromatic N) is 1. The van der Waals surface area contributed by atoms with E-state index in [4.69, 9.17) is 0 Å². The lowest BCUT2D eigenvalue weighted by molar-refractivity contribution is 0.688. The lowest BCUT2D eigenvalue weighted by atomic mass is 10.1. The first-order chi connectivity index (χ1) is 9.22. The molecule has 1 heterocycles. The highest BCUT2D eigenvalue weighted by Gasteiger charge is 2.23. The predicted octanol–water partition coefficient (Wildman–Crippen LogP) is 4.76. The molecule has 1 fully saturated rings. The summed E-state index contributed by atoms with van der Waals surface area (Å²) in [4.78, 5) is 5.69. The largest absolute Gasteiger partial charge is 0.361 e. The van der Waals surface area contributed by atoms with Crippen LogP contribution in [0, 0.1) is 5.92 Å². The van der Waals surface area contributed by atoms with Gasteiger partial charge in [0.25, 0.3) is 0 Å². The second-order valence-corrected chi connectivity index (χ2v) is 6.73. The Bertz CT molecular complexity index is 538. The van der Waals surface area contributed by atoms with E-state index in [-0.39, 0.29) is 0 Å². The van der Waals surface area contributed by atoms with Crippen LogP contribution in [0.1, 0.15) is 38.2 Å². The van der Waals surface area contributed by atoms with Crippen molar-refractivity contribution < 1.29 is 0 Å². The molecule has 0 aliphatic heterocycles. The molecule has 0 atom stereocenters. The molecule has 1 aliphatic rings. The molecule has 2 nitrogen and oxygen atoms in total. The monoisotopic (exact) mass is 272 g/mol. The van der Waals surface area contributed by atoms with Gasteiger partial charge in [-0.2, -0.15) is 0 Å². The molecule has 1 aliphatic carbocycles. The van der Waals surface area contributed by atoms with E-state index in [2.05, 4.69) is 48.4 Å². The van der Waals surface area contributed by atoms with Crippen molar-refractivity contribution in [2.24, 2.45) is 5.92 Å². The highest BCUT2D eigenvalue weighted by Crippen LogP contribution is 2.40. The van der Waals surface area contributed by atoms with Gasteiger partial charge in [-0.1, -0.05) is 49.4 Å². The molecule has 0 bridgehead atoms. The Hall–Kier alpha value is -1.35. The SMILES string of the molecule is CC(C)CNc1ncc(-c2ccc(C3CC3)cc2)s1. The van der Waals surface area contributed by atoms with E-state index in [1.54, 1.807) is 11.3 Å². The van der Waals surface area contributed by atoms with Crippen LogP contribution in [0.25, 0.3) is 10.4 Å². The van der Waals surface area contributed by atoms with E-state index in [0.717, 1.165) is 17.6 Å². The standard InChI is InChI=1S/C16H20N2S/c1-11(2)9-17-16-18-10-15(19-16)14-7-5-13(6-8-14)12-3-4-12/h5-8,10-12H,3-4,9H2,1-2H3,(H,17,18). The van der Waals surface area contributed by atoms with E-state index in [0.29, 0.717) is 5.92 Å². The van der Waals surface area contributed by atoms with Crippen molar-refractivity contribution in [2.45, 2.75) is 32.6 Å². The maximum Gasteiger partial charge on any atom is 0.183 e. The number of aromatic nitrogens is 1. The zero-order chi connectivity index (χ0) is 13.2. The summed E-state index contributed by atoms with van der Waals surface area (Å²) in [5.74, 6) is 1.48. The van der Waals surface area contributed by atoms with Crippen LogP contribution < -0.4 is 5.32 Å². The number of rotatable bonds is 5. The summed E-state index contributed by atoms with van der Waals surface area (Å²) in [6.45, 7) is 5.39. The van der Waals surface area contributed by atoms with Gasteiger partial charge in [0.2, 0.25) is 0 Å².